The van der Waals surface area contributed by atoms with Crippen LogP contribution < -0.4 is 10.2 Å². The van der Waals surface area contributed by atoms with Gasteiger partial charge in [-0.2, -0.15) is 0 Å². The average Bonchev–Trinajstić information content (AvgIpc) is 2.54. The summed E-state index contributed by atoms with van der Waals surface area (Å²) in [6, 6.07) is 4.46. The molecule has 0 radical (unpaired) electrons. The molecule has 2 aromatic heterocycles. The highest BCUT2D eigenvalue weighted by Crippen LogP contribution is 2.22. The minimum Gasteiger partial charge on any atom is -0.367 e. The van der Waals surface area contributed by atoms with Crippen molar-refractivity contribution < 1.29 is 0 Å². The van der Waals surface area contributed by atoms with Crippen LogP contribution in [-0.4, -0.2) is 39.1 Å². The van der Waals surface area contributed by atoms with E-state index in [0.717, 1.165) is 54.9 Å². The zero-order valence-corrected chi connectivity index (χ0v) is 15.9. The van der Waals surface area contributed by atoms with Gasteiger partial charge in [-0.1, -0.05) is 20.8 Å². The van der Waals surface area contributed by atoms with E-state index in [9.17, 15) is 0 Å². The molecular formula is C19H28N6. The normalized spacial score (nSPS) is 16.1. The van der Waals surface area contributed by atoms with Crippen LogP contribution in [0.5, 0.6) is 0 Å². The van der Waals surface area contributed by atoms with Gasteiger partial charge in [-0.15, -0.1) is 0 Å². The molecule has 134 valence electrons. The van der Waals surface area contributed by atoms with Crippen LogP contribution in [0.2, 0.25) is 0 Å². The lowest BCUT2D eigenvalue weighted by Gasteiger charge is -2.33. The van der Waals surface area contributed by atoms with E-state index in [2.05, 4.69) is 57.0 Å². The lowest BCUT2D eigenvalue weighted by Crippen LogP contribution is -2.39. The Morgan fingerprint density at radius 2 is 1.80 bits per heavy atom. The van der Waals surface area contributed by atoms with E-state index >= 15 is 0 Å². The quantitative estimate of drug-likeness (QED) is 0.925. The minimum atomic E-state index is -0.0379. The van der Waals surface area contributed by atoms with Crippen molar-refractivity contribution in [1.82, 2.24) is 19.9 Å². The summed E-state index contributed by atoms with van der Waals surface area (Å²) in [6.07, 6.45) is 3.98. The van der Waals surface area contributed by atoms with Crippen molar-refractivity contribution in [1.29, 1.82) is 0 Å². The van der Waals surface area contributed by atoms with Crippen molar-refractivity contribution in [3.05, 3.63) is 35.7 Å². The molecule has 0 amide bonds. The number of hydrogen-bond acceptors (Lipinski definition) is 6. The van der Waals surface area contributed by atoms with Crippen molar-refractivity contribution in [2.24, 2.45) is 0 Å². The highest BCUT2D eigenvalue weighted by molar-refractivity contribution is 5.41. The first-order valence-electron chi connectivity index (χ1n) is 8.98. The fourth-order valence-corrected chi connectivity index (χ4v) is 3.12. The zero-order valence-electron chi connectivity index (χ0n) is 15.9. The van der Waals surface area contributed by atoms with Gasteiger partial charge in [0.2, 0.25) is 0 Å². The maximum absolute atomic E-state index is 4.68. The SMILES string of the molecule is Cc1cc(N2CCC(Nc3ccnc(C(C)(C)C)n3)CC2)nc(C)n1. The highest BCUT2D eigenvalue weighted by atomic mass is 15.2. The molecular weight excluding hydrogens is 312 g/mol. The Labute approximate surface area is 150 Å². The number of hydrogen-bond donors (Lipinski definition) is 1. The molecule has 6 heteroatoms. The maximum atomic E-state index is 4.68. The van der Waals surface area contributed by atoms with Crippen molar-refractivity contribution in [3.63, 3.8) is 0 Å². The molecule has 3 heterocycles. The molecule has 0 atom stereocenters. The number of nitrogens with zero attached hydrogens (tertiary/aromatic N) is 5. The van der Waals surface area contributed by atoms with E-state index < -0.39 is 0 Å². The minimum absolute atomic E-state index is 0.0379. The third-order valence-corrected chi connectivity index (χ3v) is 4.45. The molecule has 0 saturated carbocycles. The third-order valence-electron chi connectivity index (χ3n) is 4.45. The molecule has 1 N–H and O–H groups in total. The predicted molar refractivity (Wildman–Crippen MR) is 101 cm³/mol. The molecule has 1 aliphatic rings. The van der Waals surface area contributed by atoms with Crippen LogP contribution in [0.4, 0.5) is 11.6 Å². The maximum Gasteiger partial charge on any atom is 0.135 e. The van der Waals surface area contributed by atoms with E-state index in [-0.39, 0.29) is 5.41 Å². The summed E-state index contributed by atoms with van der Waals surface area (Å²) in [6.45, 7) is 12.4. The van der Waals surface area contributed by atoms with Gasteiger partial charge in [-0.25, -0.2) is 19.9 Å². The lowest BCUT2D eigenvalue weighted by atomic mass is 9.96. The summed E-state index contributed by atoms with van der Waals surface area (Å²) < 4.78 is 0. The van der Waals surface area contributed by atoms with Gasteiger partial charge in [0.25, 0.3) is 0 Å². The van der Waals surface area contributed by atoms with E-state index in [4.69, 9.17) is 0 Å². The van der Waals surface area contributed by atoms with Crippen LogP contribution in [0.15, 0.2) is 18.3 Å². The molecule has 0 spiro atoms. The standard InChI is InChI=1S/C19H28N6/c1-13-12-17(22-14(2)21-13)25-10-7-15(8-11-25)23-16-6-9-20-18(24-16)19(3,4)5/h6,9,12,15H,7-8,10-11H2,1-5H3,(H,20,23,24). The molecule has 1 fully saturated rings. The molecule has 3 rings (SSSR count). The number of aromatic nitrogens is 4. The van der Waals surface area contributed by atoms with Crippen LogP contribution in [0.3, 0.4) is 0 Å². The molecule has 6 nitrogen and oxygen atoms in total. The zero-order chi connectivity index (χ0) is 18.0. The second-order valence-corrected chi connectivity index (χ2v) is 7.84. The Morgan fingerprint density at radius 1 is 1.08 bits per heavy atom. The number of aryl methyl sites for hydroxylation is 2. The van der Waals surface area contributed by atoms with Gasteiger partial charge >= 0.3 is 0 Å². The van der Waals surface area contributed by atoms with Gasteiger partial charge in [0.1, 0.15) is 23.3 Å². The summed E-state index contributed by atoms with van der Waals surface area (Å²) >= 11 is 0. The largest absolute Gasteiger partial charge is 0.367 e. The van der Waals surface area contributed by atoms with Crippen molar-refractivity contribution in [3.8, 4) is 0 Å². The van der Waals surface area contributed by atoms with Gasteiger partial charge in [0, 0.05) is 42.5 Å². The monoisotopic (exact) mass is 340 g/mol. The fraction of sp³-hybridized carbons (Fsp3) is 0.579. The number of piperidine rings is 1. The smallest absolute Gasteiger partial charge is 0.135 e. The molecule has 1 aliphatic heterocycles. The number of rotatable bonds is 3. The molecule has 0 unspecified atom stereocenters. The van der Waals surface area contributed by atoms with Gasteiger partial charge in [0.05, 0.1) is 0 Å². The molecule has 0 aliphatic carbocycles. The Balaban J connectivity index is 1.61. The Bertz CT molecular complexity index is 709. The van der Waals surface area contributed by atoms with Crippen molar-refractivity contribution in [2.75, 3.05) is 23.3 Å². The second-order valence-electron chi connectivity index (χ2n) is 7.84. The first kappa shape index (κ1) is 17.6. The molecule has 0 bridgehead atoms. The van der Waals surface area contributed by atoms with Crippen LogP contribution in [-0.2, 0) is 5.41 Å². The van der Waals surface area contributed by atoms with Crippen LogP contribution in [0.25, 0.3) is 0 Å². The first-order chi connectivity index (χ1) is 11.8. The fourth-order valence-electron chi connectivity index (χ4n) is 3.12. The van der Waals surface area contributed by atoms with Crippen LogP contribution in [0.1, 0.15) is 51.0 Å². The van der Waals surface area contributed by atoms with E-state index in [1.165, 1.54) is 0 Å². The first-order valence-corrected chi connectivity index (χ1v) is 8.98. The Morgan fingerprint density at radius 3 is 2.44 bits per heavy atom. The van der Waals surface area contributed by atoms with Crippen molar-refractivity contribution >= 4 is 11.6 Å². The van der Waals surface area contributed by atoms with Crippen LogP contribution >= 0.6 is 0 Å². The summed E-state index contributed by atoms with van der Waals surface area (Å²) in [7, 11) is 0. The lowest BCUT2D eigenvalue weighted by molar-refractivity contribution is 0.517. The molecule has 2 aromatic rings. The third kappa shape index (κ3) is 4.44. The van der Waals surface area contributed by atoms with Gasteiger partial charge < -0.3 is 10.2 Å². The van der Waals surface area contributed by atoms with E-state index in [0.29, 0.717) is 6.04 Å². The molecule has 1 saturated heterocycles. The van der Waals surface area contributed by atoms with E-state index in [1.807, 2.05) is 26.1 Å². The Hall–Kier alpha value is -2.24. The second kappa shape index (κ2) is 6.94. The predicted octanol–water partition coefficient (Wildman–Crippen LogP) is 3.26. The number of nitrogens with one attached hydrogen (secondary N) is 1. The van der Waals surface area contributed by atoms with Gasteiger partial charge in [-0.05, 0) is 32.8 Å². The Kier molecular flexibility index (Phi) is 4.88. The van der Waals surface area contributed by atoms with Gasteiger partial charge in [0.15, 0.2) is 0 Å². The summed E-state index contributed by atoms with van der Waals surface area (Å²) in [4.78, 5) is 20.4. The van der Waals surface area contributed by atoms with Gasteiger partial charge in [-0.3, -0.25) is 0 Å². The number of anilines is 2. The van der Waals surface area contributed by atoms with Crippen molar-refractivity contribution in [2.45, 2.75) is 58.9 Å². The molecule has 25 heavy (non-hydrogen) atoms. The summed E-state index contributed by atoms with van der Waals surface area (Å²) in [5.41, 5.74) is 0.988. The molecule has 0 aromatic carbocycles. The highest BCUT2D eigenvalue weighted by Gasteiger charge is 2.22. The van der Waals surface area contributed by atoms with Crippen LogP contribution in [0, 0.1) is 13.8 Å². The topological polar surface area (TPSA) is 66.8 Å². The summed E-state index contributed by atoms with van der Waals surface area (Å²) in [5, 5.41) is 3.58. The average molecular weight is 340 g/mol. The summed E-state index contributed by atoms with van der Waals surface area (Å²) in [5.74, 6) is 3.68. The van der Waals surface area contributed by atoms with E-state index in [1.54, 1.807) is 0 Å².